The fourth-order valence-corrected chi connectivity index (χ4v) is 3.84. The second-order valence-corrected chi connectivity index (χ2v) is 7.85. The number of fused-ring (bicyclic) bond motifs is 1. The van der Waals surface area contributed by atoms with E-state index in [1.807, 2.05) is 60.7 Å². The van der Waals surface area contributed by atoms with Crippen LogP contribution in [0, 0.1) is 0 Å². The molecule has 156 valence electrons. The number of nitrogens with one attached hydrogen (secondary N) is 2. The maximum atomic E-state index is 12.9. The van der Waals surface area contributed by atoms with Gasteiger partial charge < -0.3 is 10.6 Å². The van der Waals surface area contributed by atoms with Crippen LogP contribution in [0.4, 0.5) is 11.4 Å². The van der Waals surface area contributed by atoms with Crippen LogP contribution in [0.15, 0.2) is 77.8 Å². The third kappa shape index (κ3) is 4.84. The number of benzene rings is 3. The first-order valence-electron chi connectivity index (χ1n) is 10.1. The molecule has 31 heavy (non-hydrogen) atoms. The van der Waals surface area contributed by atoms with Gasteiger partial charge in [0.1, 0.15) is 5.92 Å². The van der Waals surface area contributed by atoms with Crippen LogP contribution in [-0.4, -0.2) is 24.1 Å². The fraction of sp³-hybridized carbons (Fsp3) is 0.160. The van der Waals surface area contributed by atoms with Gasteiger partial charge in [0.05, 0.1) is 11.4 Å². The van der Waals surface area contributed by atoms with Gasteiger partial charge in [-0.25, -0.2) is 0 Å². The molecule has 0 saturated heterocycles. The quantitative estimate of drug-likeness (QED) is 0.546. The molecule has 0 radical (unpaired) electrons. The van der Waals surface area contributed by atoms with Crippen LogP contribution in [0.2, 0.25) is 5.02 Å². The molecular weight excluding hydrogens is 410 g/mol. The summed E-state index contributed by atoms with van der Waals surface area (Å²) in [7, 11) is 0. The molecular formula is C25H22ClN3O2. The van der Waals surface area contributed by atoms with Gasteiger partial charge in [-0.15, -0.1) is 0 Å². The minimum Gasteiger partial charge on any atom is -0.356 e. The molecule has 2 amide bonds. The lowest BCUT2D eigenvalue weighted by molar-refractivity contribution is -0.119. The van der Waals surface area contributed by atoms with Crippen molar-refractivity contribution in [1.82, 2.24) is 5.32 Å². The average Bonchev–Trinajstić information content (AvgIpc) is 3.08. The summed E-state index contributed by atoms with van der Waals surface area (Å²) < 4.78 is 0. The van der Waals surface area contributed by atoms with Crippen molar-refractivity contribution in [2.45, 2.75) is 19.3 Å². The normalized spacial score (nSPS) is 15.4. The van der Waals surface area contributed by atoms with E-state index in [4.69, 9.17) is 16.6 Å². The first-order chi connectivity index (χ1) is 15.0. The third-order valence-electron chi connectivity index (χ3n) is 5.16. The fourth-order valence-electron chi connectivity index (χ4n) is 3.67. The zero-order valence-corrected chi connectivity index (χ0v) is 17.8. The maximum absolute atomic E-state index is 12.9. The summed E-state index contributed by atoms with van der Waals surface area (Å²) in [4.78, 5) is 28.8. The van der Waals surface area contributed by atoms with Gasteiger partial charge in [-0.3, -0.25) is 14.6 Å². The Bertz CT molecular complexity index is 1140. The molecule has 1 heterocycles. The van der Waals surface area contributed by atoms with Gasteiger partial charge in [0.25, 0.3) is 0 Å². The van der Waals surface area contributed by atoms with Gasteiger partial charge in [0.15, 0.2) is 0 Å². The number of amides is 2. The van der Waals surface area contributed by atoms with Crippen LogP contribution in [0.3, 0.4) is 0 Å². The van der Waals surface area contributed by atoms with E-state index in [0.717, 1.165) is 34.5 Å². The SMILES string of the molecule is CC(=O)NCCc1ccc(N=C(c2ccccc2)C2C(=O)Nc3cc(Cl)ccc32)cc1. The molecule has 6 heteroatoms. The summed E-state index contributed by atoms with van der Waals surface area (Å²) >= 11 is 6.11. The molecule has 2 N–H and O–H groups in total. The lowest BCUT2D eigenvalue weighted by Gasteiger charge is -2.14. The molecule has 1 aliphatic rings. The third-order valence-corrected chi connectivity index (χ3v) is 5.40. The lowest BCUT2D eigenvalue weighted by atomic mass is 9.90. The van der Waals surface area contributed by atoms with Crippen LogP contribution < -0.4 is 10.6 Å². The van der Waals surface area contributed by atoms with E-state index >= 15 is 0 Å². The van der Waals surface area contributed by atoms with Crippen molar-refractivity contribution < 1.29 is 9.59 Å². The van der Waals surface area contributed by atoms with Gasteiger partial charge in [-0.2, -0.15) is 0 Å². The smallest absolute Gasteiger partial charge is 0.238 e. The number of anilines is 1. The lowest BCUT2D eigenvalue weighted by Crippen LogP contribution is -2.22. The summed E-state index contributed by atoms with van der Waals surface area (Å²) in [5, 5.41) is 6.30. The van der Waals surface area contributed by atoms with Crippen LogP contribution in [0.25, 0.3) is 0 Å². The van der Waals surface area contributed by atoms with Crippen LogP contribution >= 0.6 is 11.6 Å². The van der Waals surface area contributed by atoms with Crippen molar-refractivity contribution in [3.05, 3.63) is 94.5 Å². The molecule has 3 aromatic rings. The minimum absolute atomic E-state index is 0.0369. The number of hydrogen-bond donors (Lipinski definition) is 2. The molecule has 1 unspecified atom stereocenters. The van der Waals surface area contributed by atoms with E-state index in [-0.39, 0.29) is 11.8 Å². The molecule has 0 saturated carbocycles. The highest BCUT2D eigenvalue weighted by Crippen LogP contribution is 2.37. The van der Waals surface area contributed by atoms with Gasteiger partial charge in [-0.1, -0.05) is 60.1 Å². The predicted octanol–water partition coefficient (Wildman–Crippen LogP) is 4.88. The van der Waals surface area contributed by atoms with Crippen molar-refractivity contribution in [1.29, 1.82) is 0 Å². The number of aliphatic imine (C=N–C) groups is 1. The summed E-state index contributed by atoms with van der Waals surface area (Å²) in [6.45, 7) is 2.10. The number of carbonyl (C=O) groups is 2. The minimum atomic E-state index is -0.519. The molecule has 0 fully saturated rings. The van der Waals surface area contributed by atoms with Crippen molar-refractivity contribution in [2.24, 2.45) is 4.99 Å². The van der Waals surface area contributed by atoms with Gasteiger partial charge in [0, 0.05) is 24.2 Å². The zero-order valence-electron chi connectivity index (χ0n) is 17.1. The Hall–Kier alpha value is -3.44. The van der Waals surface area contributed by atoms with E-state index in [1.54, 1.807) is 12.1 Å². The molecule has 0 bridgehead atoms. The summed E-state index contributed by atoms with van der Waals surface area (Å²) in [5.41, 5.74) is 5.03. The molecule has 4 rings (SSSR count). The molecule has 1 aliphatic heterocycles. The largest absolute Gasteiger partial charge is 0.356 e. The topological polar surface area (TPSA) is 70.6 Å². The number of rotatable bonds is 6. The predicted molar refractivity (Wildman–Crippen MR) is 124 cm³/mol. The summed E-state index contributed by atoms with van der Waals surface area (Å²) in [5.74, 6) is -0.675. The zero-order chi connectivity index (χ0) is 21.8. The molecule has 3 aromatic carbocycles. The van der Waals surface area contributed by atoms with Gasteiger partial charge in [0.2, 0.25) is 11.8 Å². The van der Waals surface area contributed by atoms with E-state index in [0.29, 0.717) is 17.3 Å². The molecule has 0 aliphatic carbocycles. The second-order valence-electron chi connectivity index (χ2n) is 7.42. The highest BCUT2D eigenvalue weighted by Gasteiger charge is 2.35. The molecule has 5 nitrogen and oxygen atoms in total. The molecule has 1 atom stereocenters. The highest BCUT2D eigenvalue weighted by atomic mass is 35.5. The van der Waals surface area contributed by atoms with Gasteiger partial charge >= 0.3 is 0 Å². The standard InChI is InChI=1S/C25H22ClN3O2/c1-16(30)27-14-13-17-7-10-20(11-8-17)28-24(18-5-3-2-4-6-18)23-21-12-9-19(26)15-22(21)29-25(23)31/h2-12,15,23H,13-14H2,1H3,(H,27,30)(H,29,31). The number of nitrogens with zero attached hydrogens (tertiary/aromatic N) is 1. The Morgan fingerprint density at radius 1 is 1.06 bits per heavy atom. The maximum Gasteiger partial charge on any atom is 0.238 e. The Balaban J connectivity index is 1.68. The Kier molecular flexibility index (Phi) is 6.14. The van der Waals surface area contributed by atoms with Crippen molar-refractivity contribution in [3.63, 3.8) is 0 Å². The number of hydrogen-bond acceptors (Lipinski definition) is 3. The second kappa shape index (κ2) is 9.14. The number of halogens is 1. The van der Waals surface area contributed by atoms with E-state index < -0.39 is 5.92 Å². The highest BCUT2D eigenvalue weighted by molar-refractivity contribution is 6.31. The average molecular weight is 432 g/mol. The van der Waals surface area contributed by atoms with E-state index in [9.17, 15) is 9.59 Å². The van der Waals surface area contributed by atoms with Crippen LogP contribution in [0.5, 0.6) is 0 Å². The number of carbonyl (C=O) groups excluding carboxylic acids is 2. The Morgan fingerprint density at radius 2 is 1.81 bits per heavy atom. The van der Waals surface area contributed by atoms with Crippen LogP contribution in [0.1, 0.15) is 29.5 Å². The first-order valence-corrected chi connectivity index (χ1v) is 10.5. The molecule has 0 aromatic heterocycles. The monoisotopic (exact) mass is 431 g/mol. The van der Waals surface area contributed by atoms with Crippen molar-refractivity contribution >= 4 is 40.5 Å². The Labute approximate surface area is 186 Å². The Morgan fingerprint density at radius 3 is 2.52 bits per heavy atom. The van der Waals surface area contributed by atoms with Gasteiger partial charge in [-0.05, 0) is 47.4 Å². The summed E-state index contributed by atoms with van der Waals surface area (Å²) in [6, 6.07) is 23.0. The first kappa shape index (κ1) is 20.8. The molecule has 0 spiro atoms. The van der Waals surface area contributed by atoms with Crippen molar-refractivity contribution in [3.8, 4) is 0 Å². The van der Waals surface area contributed by atoms with Crippen molar-refractivity contribution in [2.75, 3.05) is 11.9 Å². The summed E-state index contributed by atoms with van der Waals surface area (Å²) in [6.07, 6.45) is 0.744. The van der Waals surface area contributed by atoms with E-state index in [2.05, 4.69) is 10.6 Å². The van der Waals surface area contributed by atoms with E-state index in [1.165, 1.54) is 6.92 Å². The van der Waals surface area contributed by atoms with Crippen LogP contribution in [-0.2, 0) is 16.0 Å².